The largest absolute Gasteiger partial charge is 0.316 e. The van der Waals surface area contributed by atoms with E-state index in [1.54, 1.807) is 0 Å². The van der Waals surface area contributed by atoms with E-state index in [9.17, 15) is 0 Å². The lowest BCUT2D eigenvalue weighted by Gasteiger charge is -2.35. The number of unbranched alkanes of at least 4 members (excludes halogenated alkanes) is 2. The maximum Gasteiger partial charge on any atom is 0.00387 e. The molecular weight excluding hydrogens is 172 g/mol. The smallest absolute Gasteiger partial charge is 0.00387 e. The van der Waals surface area contributed by atoms with Crippen molar-refractivity contribution in [1.29, 1.82) is 0 Å². The molecule has 2 nitrogen and oxygen atoms in total. The molecule has 0 aromatic carbocycles. The highest BCUT2D eigenvalue weighted by Gasteiger charge is 2.21. The highest BCUT2D eigenvalue weighted by atomic mass is 15.2. The zero-order valence-corrected chi connectivity index (χ0v) is 10.1. The van der Waals surface area contributed by atoms with Crippen LogP contribution in [0.4, 0.5) is 0 Å². The van der Waals surface area contributed by atoms with Crippen LogP contribution in [0.5, 0.6) is 0 Å². The second-order valence-electron chi connectivity index (χ2n) is 4.82. The molecule has 1 saturated heterocycles. The third-order valence-corrected chi connectivity index (χ3v) is 3.14. The van der Waals surface area contributed by atoms with Gasteiger partial charge in [-0.2, -0.15) is 0 Å². The lowest BCUT2D eigenvalue weighted by atomic mass is 10.0. The molecule has 0 aliphatic carbocycles. The Balaban J connectivity index is 2.16. The highest BCUT2D eigenvalue weighted by Crippen LogP contribution is 2.10. The van der Waals surface area contributed by atoms with Gasteiger partial charge in [0.15, 0.2) is 0 Å². The molecule has 0 amide bonds. The minimum absolute atomic E-state index is 0.715. The number of rotatable bonds is 7. The van der Waals surface area contributed by atoms with Crippen molar-refractivity contribution >= 4 is 0 Å². The minimum Gasteiger partial charge on any atom is -0.316 e. The summed E-state index contributed by atoms with van der Waals surface area (Å²) in [7, 11) is 0. The van der Waals surface area contributed by atoms with E-state index in [-0.39, 0.29) is 0 Å². The van der Waals surface area contributed by atoms with Crippen LogP contribution in [0, 0.1) is 5.92 Å². The van der Waals surface area contributed by atoms with Crippen molar-refractivity contribution in [2.75, 3.05) is 26.2 Å². The monoisotopic (exact) mass is 198 g/mol. The summed E-state index contributed by atoms with van der Waals surface area (Å²) in [6, 6.07) is 0.715. The molecular formula is C12H26N2. The quantitative estimate of drug-likeness (QED) is 0.630. The number of hydrogen-bond acceptors (Lipinski definition) is 2. The standard InChI is InChI=1S/C12H26N2/c1-4-5-6-7-14(11(2)3)10-12-8-13-9-12/h11-13H,4-10H2,1-3H3. The second-order valence-corrected chi connectivity index (χ2v) is 4.82. The maximum atomic E-state index is 3.35. The van der Waals surface area contributed by atoms with Gasteiger partial charge in [0.05, 0.1) is 0 Å². The molecule has 0 atom stereocenters. The molecule has 0 aromatic heterocycles. The normalized spacial score (nSPS) is 17.8. The average molecular weight is 198 g/mol. The van der Waals surface area contributed by atoms with E-state index in [2.05, 4.69) is 31.0 Å². The van der Waals surface area contributed by atoms with Crippen molar-refractivity contribution in [3.05, 3.63) is 0 Å². The minimum atomic E-state index is 0.715. The maximum absolute atomic E-state index is 3.35. The molecule has 0 bridgehead atoms. The molecule has 0 unspecified atom stereocenters. The van der Waals surface area contributed by atoms with Crippen LogP contribution >= 0.6 is 0 Å². The van der Waals surface area contributed by atoms with Gasteiger partial charge in [-0.05, 0) is 32.7 Å². The fourth-order valence-corrected chi connectivity index (χ4v) is 1.93. The lowest BCUT2D eigenvalue weighted by Crippen LogP contribution is -2.49. The summed E-state index contributed by atoms with van der Waals surface area (Å²) in [6.45, 7) is 12.0. The van der Waals surface area contributed by atoms with E-state index in [1.807, 2.05) is 0 Å². The van der Waals surface area contributed by atoms with E-state index in [4.69, 9.17) is 0 Å². The van der Waals surface area contributed by atoms with E-state index in [1.165, 1.54) is 45.4 Å². The molecule has 14 heavy (non-hydrogen) atoms. The zero-order valence-electron chi connectivity index (χ0n) is 10.1. The van der Waals surface area contributed by atoms with Crippen molar-refractivity contribution in [1.82, 2.24) is 10.2 Å². The van der Waals surface area contributed by atoms with Gasteiger partial charge in [-0.1, -0.05) is 19.8 Å². The van der Waals surface area contributed by atoms with Crippen LogP contribution in [-0.4, -0.2) is 37.1 Å². The molecule has 1 fully saturated rings. The predicted molar refractivity (Wildman–Crippen MR) is 62.6 cm³/mol. The number of nitrogens with one attached hydrogen (secondary N) is 1. The Bertz CT molecular complexity index is 141. The first-order valence-electron chi connectivity index (χ1n) is 6.18. The van der Waals surface area contributed by atoms with Gasteiger partial charge in [-0.25, -0.2) is 0 Å². The summed E-state index contributed by atoms with van der Waals surface area (Å²) >= 11 is 0. The molecule has 1 aliphatic heterocycles. The van der Waals surface area contributed by atoms with Gasteiger partial charge in [-0.3, -0.25) is 0 Å². The molecule has 84 valence electrons. The fourth-order valence-electron chi connectivity index (χ4n) is 1.93. The topological polar surface area (TPSA) is 15.3 Å². The molecule has 0 aromatic rings. The van der Waals surface area contributed by atoms with Crippen molar-refractivity contribution in [3.63, 3.8) is 0 Å². The Labute approximate surface area is 89.1 Å². The summed E-state index contributed by atoms with van der Waals surface area (Å²) in [4.78, 5) is 2.64. The third-order valence-electron chi connectivity index (χ3n) is 3.14. The van der Waals surface area contributed by atoms with Crippen LogP contribution in [0.3, 0.4) is 0 Å². The lowest BCUT2D eigenvalue weighted by molar-refractivity contribution is 0.157. The molecule has 0 saturated carbocycles. The van der Waals surface area contributed by atoms with Crippen LogP contribution < -0.4 is 5.32 Å². The van der Waals surface area contributed by atoms with Gasteiger partial charge < -0.3 is 10.2 Å². The average Bonchev–Trinajstić information content (AvgIpc) is 2.07. The van der Waals surface area contributed by atoms with Crippen LogP contribution in [0.25, 0.3) is 0 Å². The first kappa shape index (κ1) is 12.0. The summed E-state index contributed by atoms with van der Waals surface area (Å²) in [5.74, 6) is 0.916. The second kappa shape index (κ2) is 6.41. The molecule has 0 spiro atoms. The summed E-state index contributed by atoms with van der Waals surface area (Å²) in [5.41, 5.74) is 0. The highest BCUT2D eigenvalue weighted by molar-refractivity contribution is 4.79. The Morgan fingerprint density at radius 2 is 2.00 bits per heavy atom. The summed E-state index contributed by atoms with van der Waals surface area (Å²) < 4.78 is 0. The molecule has 1 heterocycles. The van der Waals surface area contributed by atoms with E-state index >= 15 is 0 Å². The molecule has 1 rings (SSSR count). The van der Waals surface area contributed by atoms with Crippen LogP contribution in [0.15, 0.2) is 0 Å². The van der Waals surface area contributed by atoms with Crippen molar-refractivity contribution < 1.29 is 0 Å². The summed E-state index contributed by atoms with van der Waals surface area (Å²) in [6.07, 6.45) is 4.08. The fraction of sp³-hybridized carbons (Fsp3) is 1.00. The van der Waals surface area contributed by atoms with Crippen molar-refractivity contribution in [2.45, 2.75) is 46.1 Å². The Kier molecular flexibility index (Phi) is 5.49. The van der Waals surface area contributed by atoms with E-state index < -0.39 is 0 Å². The Hall–Kier alpha value is -0.0800. The van der Waals surface area contributed by atoms with Gasteiger partial charge in [0, 0.05) is 25.7 Å². The molecule has 0 radical (unpaired) electrons. The van der Waals surface area contributed by atoms with Gasteiger partial charge in [0.2, 0.25) is 0 Å². The third kappa shape index (κ3) is 3.97. The van der Waals surface area contributed by atoms with Gasteiger partial charge in [-0.15, -0.1) is 0 Å². The van der Waals surface area contributed by atoms with Crippen LogP contribution in [0.2, 0.25) is 0 Å². The van der Waals surface area contributed by atoms with Gasteiger partial charge in [0.1, 0.15) is 0 Å². The Morgan fingerprint density at radius 3 is 2.43 bits per heavy atom. The van der Waals surface area contributed by atoms with Gasteiger partial charge >= 0.3 is 0 Å². The summed E-state index contributed by atoms with van der Waals surface area (Å²) in [5, 5.41) is 3.35. The predicted octanol–water partition coefficient (Wildman–Crippen LogP) is 2.11. The number of hydrogen-bond donors (Lipinski definition) is 1. The van der Waals surface area contributed by atoms with Crippen molar-refractivity contribution in [2.24, 2.45) is 5.92 Å². The SMILES string of the molecule is CCCCCN(CC1CNC1)C(C)C. The molecule has 1 N–H and O–H groups in total. The first-order chi connectivity index (χ1) is 6.74. The Morgan fingerprint density at radius 1 is 1.29 bits per heavy atom. The van der Waals surface area contributed by atoms with Gasteiger partial charge in [0.25, 0.3) is 0 Å². The first-order valence-corrected chi connectivity index (χ1v) is 6.18. The zero-order chi connectivity index (χ0) is 10.4. The van der Waals surface area contributed by atoms with E-state index in [0.29, 0.717) is 6.04 Å². The van der Waals surface area contributed by atoms with E-state index in [0.717, 1.165) is 5.92 Å². The molecule has 2 heteroatoms. The molecule has 1 aliphatic rings. The van der Waals surface area contributed by atoms with Crippen LogP contribution in [0.1, 0.15) is 40.0 Å². The number of nitrogens with zero attached hydrogens (tertiary/aromatic N) is 1. The van der Waals surface area contributed by atoms with Crippen molar-refractivity contribution in [3.8, 4) is 0 Å². The van der Waals surface area contributed by atoms with Crippen LogP contribution in [-0.2, 0) is 0 Å².